The molecule has 0 N–H and O–H groups in total. The Bertz CT molecular complexity index is 214. The molecule has 0 aromatic carbocycles. The van der Waals surface area contributed by atoms with Crippen LogP contribution >= 0.6 is 0 Å². The van der Waals surface area contributed by atoms with E-state index in [1.165, 1.54) is 0 Å². The largest absolute Gasteiger partial charge is 0.300 e. The lowest BCUT2D eigenvalue weighted by atomic mass is 9.78. The quantitative estimate of drug-likeness (QED) is 0.610. The van der Waals surface area contributed by atoms with Crippen LogP contribution in [0.15, 0.2) is 0 Å². The summed E-state index contributed by atoms with van der Waals surface area (Å²) in [5.41, 5.74) is 0.195. The van der Waals surface area contributed by atoms with Crippen molar-refractivity contribution >= 4 is 5.78 Å². The highest BCUT2D eigenvalue weighted by atomic mass is 16.1. The van der Waals surface area contributed by atoms with E-state index in [2.05, 4.69) is 26.7 Å². The van der Waals surface area contributed by atoms with Crippen molar-refractivity contribution in [2.45, 2.75) is 41.0 Å². The van der Waals surface area contributed by atoms with Gasteiger partial charge in [-0.25, -0.2) is 0 Å². The number of carbonyl (C=O) groups is 1. The van der Waals surface area contributed by atoms with E-state index in [9.17, 15) is 4.79 Å². The van der Waals surface area contributed by atoms with Gasteiger partial charge in [0.2, 0.25) is 0 Å². The normalized spacial score (nSPS) is 16.0. The molecule has 0 saturated heterocycles. The highest BCUT2D eigenvalue weighted by molar-refractivity contribution is 5.78. The summed E-state index contributed by atoms with van der Waals surface area (Å²) in [4.78, 5) is 11.1. The molecular formula is C12H20O. The molecule has 0 fully saturated rings. The van der Waals surface area contributed by atoms with E-state index in [1.54, 1.807) is 6.92 Å². The van der Waals surface area contributed by atoms with Gasteiger partial charge in [-0.3, -0.25) is 4.79 Å². The molecule has 0 bridgehead atoms. The monoisotopic (exact) mass is 180 g/mol. The fourth-order valence-electron chi connectivity index (χ4n) is 1.32. The second-order valence-electron chi connectivity index (χ2n) is 4.94. The van der Waals surface area contributed by atoms with Gasteiger partial charge in [-0.2, -0.15) is 0 Å². The Morgan fingerprint density at radius 2 is 1.92 bits per heavy atom. The number of terminal acetylenes is 1. The van der Waals surface area contributed by atoms with Crippen LogP contribution in [0.25, 0.3) is 0 Å². The molecule has 0 aliphatic rings. The Morgan fingerprint density at radius 3 is 2.15 bits per heavy atom. The van der Waals surface area contributed by atoms with E-state index in [4.69, 9.17) is 6.42 Å². The van der Waals surface area contributed by atoms with E-state index in [0.717, 1.165) is 6.42 Å². The molecule has 0 radical (unpaired) electrons. The summed E-state index contributed by atoms with van der Waals surface area (Å²) in [6, 6.07) is 0. The summed E-state index contributed by atoms with van der Waals surface area (Å²) >= 11 is 0. The highest BCUT2D eigenvalue weighted by Gasteiger charge is 2.24. The van der Waals surface area contributed by atoms with Crippen LogP contribution in [0, 0.1) is 29.6 Å². The van der Waals surface area contributed by atoms with Gasteiger partial charge in [-0.05, 0) is 18.8 Å². The molecule has 2 atom stereocenters. The van der Waals surface area contributed by atoms with Crippen LogP contribution in [0.4, 0.5) is 0 Å². The molecular weight excluding hydrogens is 160 g/mol. The fourth-order valence-corrected chi connectivity index (χ4v) is 1.32. The Hall–Kier alpha value is -0.770. The standard InChI is InChI=1S/C12H20O/c1-7-11(8-12(4,5)6)9(2)10(3)13/h1,9,11H,8H2,2-6H3. The Balaban J connectivity index is 4.38. The second-order valence-corrected chi connectivity index (χ2v) is 4.94. The molecule has 0 amide bonds. The number of hydrogen-bond acceptors (Lipinski definition) is 1. The molecule has 0 spiro atoms. The summed E-state index contributed by atoms with van der Waals surface area (Å²) in [7, 11) is 0. The molecule has 0 heterocycles. The van der Waals surface area contributed by atoms with E-state index in [1.807, 2.05) is 6.92 Å². The van der Waals surface area contributed by atoms with Crippen molar-refractivity contribution in [2.24, 2.45) is 17.3 Å². The number of ketones is 1. The van der Waals surface area contributed by atoms with Gasteiger partial charge in [0.15, 0.2) is 0 Å². The summed E-state index contributed by atoms with van der Waals surface area (Å²) in [6.45, 7) is 9.95. The minimum atomic E-state index is -0.00998. The van der Waals surface area contributed by atoms with E-state index >= 15 is 0 Å². The average molecular weight is 180 g/mol. The van der Waals surface area contributed by atoms with Gasteiger partial charge in [0.1, 0.15) is 5.78 Å². The lowest BCUT2D eigenvalue weighted by molar-refractivity contribution is -0.121. The summed E-state index contributed by atoms with van der Waals surface area (Å²) < 4.78 is 0. The molecule has 0 saturated carbocycles. The van der Waals surface area contributed by atoms with Crippen molar-refractivity contribution in [1.29, 1.82) is 0 Å². The van der Waals surface area contributed by atoms with Crippen molar-refractivity contribution in [3.8, 4) is 12.3 Å². The second kappa shape index (κ2) is 4.46. The Labute approximate surface area is 81.9 Å². The van der Waals surface area contributed by atoms with Crippen molar-refractivity contribution in [1.82, 2.24) is 0 Å². The maximum atomic E-state index is 11.1. The molecule has 13 heavy (non-hydrogen) atoms. The van der Waals surface area contributed by atoms with Gasteiger partial charge in [0.05, 0.1) is 0 Å². The van der Waals surface area contributed by atoms with Gasteiger partial charge >= 0.3 is 0 Å². The summed E-state index contributed by atoms with van der Waals surface area (Å²) in [5, 5.41) is 0. The summed E-state index contributed by atoms with van der Waals surface area (Å²) in [6.07, 6.45) is 6.32. The topological polar surface area (TPSA) is 17.1 Å². The van der Waals surface area contributed by atoms with Gasteiger partial charge in [-0.15, -0.1) is 12.3 Å². The fraction of sp³-hybridized carbons (Fsp3) is 0.750. The maximum Gasteiger partial charge on any atom is 0.133 e. The average Bonchev–Trinajstić information content (AvgIpc) is 1.97. The smallest absolute Gasteiger partial charge is 0.133 e. The van der Waals surface area contributed by atoms with Gasteiger partial charge in [-0.1, -0.05) is 27.7 Å². The van der Waals surface area contributed by atoms with Gasteiger partial charge < -0.3 is 0 Å². The number of Topliss-reactive ketones (excluding diaryl/α,β-unsaturated/α-hetero) is 1. The van der Waals surface area contributed by atoms with Crippen LogP contribution in [0.5, 0.6) is 0 Å². The maximum absolute atomic E-state index is 11.1. The van der Waals surface area contributed by atoms with Crippen molar-refractivity contribution in [2.75, 3.05) is 0 Å². The van der Waals surface area contributed by atoms with Crippen LogP contribution in [0.2, 0.25) is 0 Å². The third-order valence-electron chi connectivity index (χ3n) is 2.29. The minimum absolute atomic E-state index is 0.00998. The van der Waals surface area contributed by atoms with Crippen molar-refractivity contribution in [3.63, 3.8) is 0 Å². The Kier molecular flexibility index (Phi) is 4.20. The zero-order valence-corrected chi connectivity index (χ0v) is 9.35. The van der Waals surface area contributed by atoms with E-state index in [0.29, 0.717) is 0 Å². The van der Waals surface area contributed by atoms with Crippen LogP contribution in [-0.4, -0.2) is 5.78 Å². The molecule has 74 valence electrons. The van der Waals surface area contributed by atoms with E-state index < -0.39 is 0 Å². The number of rotatable bonds is 3. The van der Waals surface area contributed by atoms with Crippen LogP contribution in [0.1, 0.15) is 41.0 Å². The molecule has 0 aliphatic heterocycles. The molecule has 0 rings (SSSR count). The minimum Gasteiger partial charge on any atom is -0.300 e. The zero-order chi connectivity index (χ0) is 10.6. The molecule has 2 unspecified atom stereocenters. The summed E-state index contributed by atoms with van der Waals surface area (Å²) in [5.74, 6) is 2.98. The molecule has 1 heteroatoms. The number of carbonyl (C=O) groups excluding carboxylic acids is 1. The van der Waals surface area contributed by atoms with Crippen LogP contribution in [-0.2, 0) is 4.79 Å². The first-order valence-corrected chi connectivity index (χ1v) is 4.74. The molecule has 0 aromatic rings. The SMILES string of the molecule is C#CC(CC(C)(C)C)C(C)C(C)=O. The Morgan fingerprint density at radius 1 is 1.46 bits per heavy atom. The van der Waals surface area contributed by atoms with E-state index in [-0.39, 0.29) is 23.0 Å². The number of hydrogen-bond donors (Lipinski definition) is 0. The lowest BCUT2D eigenvalue weighted by Crippen LogP contribution is -2.22. The van der Waals surface area contributed by atoms with Crippen molar-refractivity contribution in [3.05, 3.63) is 0 Å². The lowest BCUT2D eigenvalue weighted by Gasteiger charge is -2.25. The van der Waals surface area contributed by atoms with Gasteiger partial charge in [0, 0.05) is 11.8 Å². The molecule has 1 nitrogen and oxygen atoms in total. The van der Waals surface area contributed by atoms with Crippen LogP contribution < -0.4 is 0 Å². The van der Waals surface area contributed by atoms with Gasteiger partial charge in [0.25, 0.3) is 0 Å². The highest BCUT2D eigenvalue weighted by Crippen LogP contribution is 2.28. The zero-order valence-electron chi connectivity index (χ0n) is 9.35. The first-order valence-electron chi connectivity index (χ1n) is 4.74. The van der Waals surface area contributed by atoms with Crippen LogP contribution in [0.3, 0.4) is 0 Å². The predicted octanol–water partition coefficient (Wildman–Crippen LogP) is 2.90. The third kappa shape index (κ3) is 4.72. The van der Waals surface area contributed by atoms with Crippen molar-refractivity contribution < 1.29 is 4.79 Å². The third-order valence-corrected chi connectivity index (χ3v) is 2.29. The first-order chi connectivity index (χ1) is 5.78. The molecule has 0 aromatic heterocycles. The predicted molar refractivity (Wildman–Crippen MR) is 56.2 cm³/mol. The molecule has 0 aliphatic carbocycles. The first kappa shape index (κ1) is 12.2.